The molecular weight excluding hydrogens is 507 g/mol. The van der Waals surface area contributed by atoms with Gasteiger partial charge in [-0.15, -0.1) is 0 Å². The highest BCUT2D eigenvalue weighted by molar-refractivity contribution is 6.36. The number of carboxylic acid groups (broad SMARTS) is 1. The second kappa shape index (κ2) is 10.9. The molecule has 1 unspecified atom stereocenters. The van der Waals surface area contributed by atoms with Gasteiger partial charge in [-0.1, -0.05) is 77.8 Å². The number of nitrogens with zero attached hydrogens (tertiary/aromatic N) is 2. The van der Waals surface area contributed by atoms with E-state index in [4.69, 9.17) is 27.9 Å². The fourth-order valence-electron chi connectivity index (χ4n) is 4.01. The van der Waals surface area contributed by atoms with Gasteiger partial charge in [0.25, 0.3) is 0 Å². The summed E-state index contributed by atoms with van der Waals surface area (Å²) < 4.78 is 7.47. The molecule has 37 heavy (non-hydrogen) atoms. The third kappa shape index (κ3) is 5.85. The topological polar surface area (TPSA) is 64.3 Å². The molecule has 7 heteroatoms. The number of benzene rings is 4. The van der Waals surface area contributed by atoms with Gasteiger partial charge >= 0.3 is 5.97 Å². The summed E-state index contributed by atoms with van der Waals surface area (Å²) in [5.41, 5.74) is 3.24. The molecule has 5 rings (SSSR count). The molecule has 0 saturated heterocycles. The Morgan fingerprint density at radius 3 is 2.54 bits per heavy atom. The second-order valence-corrected chi connectivity index (χ2v) is 9.36. The lowest BCUT2D eigenvalue weighted by atomic mass is 10.1. The Morgan fingerprint density at radius 1 is 0.973 bits per heavy atom. The van der Waals surface area contributed by atoms with Crippen molar-refractivity contribution in [3.8, 4) is 17.0 Å². The lowest BCUT2D eigenvalue weighted by molar-refractivity contribution is -0.139. The number of aromatic nitrogens is 2. The first-order chi connectivity index (χ1) is 18.0. The highest BCUT2D eigenvalue weighted by Gasteiger charge is 2.18. The number of aliphatic carboxylic acids is 1. The van der Waals surface area contributed by atoms with Crippen molar-refractivity contribution >= 4 is 46.0 Å². The monoisotopic (exact) mass is 528 g/mol. The van der Waals surface area contributed by atoms with Gasteiger partial charge in [-0.25, -0.2) is 9.78 Å². The number of carboxylic acids is 1. The smallest absolute Gasteiger partial charge is 0.330 e. The number of carbonyl (C=O) groups is 1. The number of imidazole rings is 1. The molecule has 0 aliphatic rings. The van der Waals surface area contributed by atoms with Crippen LogP contribution in [0, 0.1) is 0 Å². The fourth-order valence-corrected chi connectivity index (χ4v) is 4.52. The molecule has 5 nitrogen and oxygen atoms in total. The molecule has 0 aliphatic carbocycles. The number of ether oxygens (including phenoxy) is 1. The van der Waals surface area contributed by atoms with Gasteiger partial charge in [-0.2, -0.15) is 0 Å². The Hall–Kier alpha value is -4.06. The molecule has 0 amide bonds. The number of halogens is 2. The zero-order valence-electron chi connectivity index (χ0n) is 19.6. The quantitative estimate of drug-likeness (QED) is 0.222. The fraction of sp³-hybridized carbons (Fsp3) is 0.0667. The Kier molecular flexibility index (Phi) is 7.26. The van der Waals surface area contributed by atoms with Crippen LogP contribution in [0.15, 0.2) is 104 Å². The van der Waals surface area contributed by atoms with Crippen molar-refractivity contribution in [2.24, 2.45) is 0 Å². The van der Waals surface area contributed by atoms with Crippen LogP contribution in [0.3, 0.4) is 0 Å². The maximum Gasteiger partial charge on any atom is 0.330 e. The van der Waals surface area contributed by atoms with E-state index in [0.29, 0.717) is 27.9 Å². The zero-order chi connectivity index (χ0) is 25.8. The van der Waals surface area contributed by atoms with E-state index in [-0.39, 0.29) is 0 Å². The van der Waals surface area contributed by atoms with Gasteiger partial charge in [0.05, 0.1) is 17.0 Å². The lowest BCUT2D eigenvalue weighted by Gasteiger charge is -2.10. The van der Waals surface area contributed by atoms with E-state index in [0.717, 1.165) is 27.6 Å². The van der Waals surface area contributed by atoms with Crippen LogP contribution in [-0.2, 0) is 11.4 Å². The van der Waals surface area contributed by atoms with Crippen LogP contribution in [0.25, 0.3) is 28.1 Å². The molecule has 5 aromatic rings. The predicted octanol–water partition coefficient (Wildman–Crippen LogP) is 7.93. The maximum atomic E-state index is 12.0. The first kappa shape index (κ1) is 24.6. The molecule has 0 radical (unpaired) electrons. The molecule has 0 fully saturated rings. The molecule has 0 aliphatic heterocycles. The van der Waals surface area contributed by atoms with Crippen LogP contribution >= 0.6 is 23.2 Å². The van der Waals surface area contributed by atoms with Gasteiger partial charge in [-0.05, 0) is 64.4 Å². The Balaban J connectivity index is 1.32. The maximum absolute atomic E-state index is 12.0. The van der Waals surface area contributed by atoms with E-state index in [1.54, 1.807) is 36.5 Å². The molecule has 1 N–H and O–H groups in total. The third-order valence-corrected chi connectivity index (χ3v) is 6.49. The minimum absolute atomic E-state index is 0.449. The van der Waals surface area contributed by atoms with Gasteiger partial charge in [0.1, 0.15) is 12.4 Å². The molecule has 0 spiro atoms. The average molecular weight is 529 g/mol. The van der Waals surface area contributed by atoms with Crippen molar-refractivity contribution in [2.75, 3.05) is 0 Å². The summed E-state index contributed by atoms with van der Waals surface area (Å²) in [6, 6.07) is 26.1. The molecule has 1 atom stereocenters. The van der Waals surface area contributed by atoms with E-state index in [9.17, 15) is 9.90 Å². The molecule has 1 aromatic heterocycles. The summed E-state index contributed by atoms with van der Waals surface area (Å²) in [4.78, 5) is 16.4. The number of hydrogen-bond acceptors (Lipinski definition) is 3. The van der Waals surface area contributed by atoms with Crippen LogP contribution in [0.4, 0.5) is 0 Å². The minimum Gasteiger partial charge on any atom is -0.489 e. The standard InChI is InChI=1S/C30H22Cl2N2O3/c31-24-10-12-26(27(32)16-24)28-17-34(19-33-28)29(30(35)36)13-7-20-6-8-23-15-25(11-9-22(23)14-20)37-18-21-4-2-1-3-5-21/h1-17,19,29H,18H2,(H,35,36). The second-order valence-electron chi connectivity index (χ2n) is 8.52. The van der Waals surface area contributed by atoms with Crippen LogP contribution < -0.4 is 4.74 Å². The predicted molar refractivity (Wildman–Crippen MR) is 148 cm³/mol. The number of rotatable bonds is 8. The molecule has 184 valence electrons. The summed E-state index contributed by atoms with van der Waals surface area (Å²) in [6.45, 7) is 0.504. The Bertz CT molecular complexity index is 1600. The molecule has 0 saturated carbocycles. The van der Waals surface area contributed by atoms with Crippen molar-refractivity contribution in [1.29, 1.82) is 0 Å². The SMILES string of the molecule is O=C(O)C(C=Cc1ccc2cc(OCc3ccccc3)ccc2c1)n1cnc(-c2ccc(Cl)cc2Cl)c1. The van der Waals surface area contributed by atoms with Crippen LogP contribution in [0.5, 0.6) is 5.75 Å². The summed E-state index contributed by atoms with van der Waals surface area (Å²) in [7, 11) is 0. The van der Waals surface area contributed by atoms with Crippen molar-refractivity contribution in [3.63, 3.8) is 0 Å². The van der Waals surface area contributed by atoms with Gasteiger partial charge in [0, 0.05) is 16.8 Å². The summed E-state index contributed by atoms with van der Waals surface area (Å²) in [6.07, 6.45) is 6.58. The number of hydrogen-bond donors (Lipinski definition) is 1. The lowest BCUT2D eigenvalue weighted by Crippen LogP contribution is -2.15. The summed E-state index contributed by atoms with van der Waals surface area (Å²) >= 11 is 12.3. The van der Waals surface area contributed by atoms with Gasteiger partial charge in [0.15, 0.2) is 6.04 Å². The highest BCUT2D eigenvalue weighted by Crippen LogP contribution is 2.30. The Labute approximate surface area is 224 Å². The van der Waals surface area contributed by atoms with Crippen molar-refractivity contribution in [2.45, 2.75) is 12.6 Å². The van der Waals surface area contributed by atoms with Crippen LogP contribution in [0.1, 0.15) is 17.2 Å². The van der Waals surface area contributed by atoms with Gasteiger partial charge < -0.3 is 14.4 Å². The van der Waals surface area contributed by atoms with Gasteiger partial charge in [-0.3, -0.25) is 0 Å². The molecule has 1 heterocycles. The minimum atomic E-state index is -0.997. The van der Waals surface area contributed by atoms with Crippen molar-refractivity contribution in [1.82, 2.24) is 9.55 Å². The summed E-state index contributed by atoms with van der Waals surface area (Å²) in [5.74, 6) is -0.203. The largest absolute Gasteiger partial charge is 0.489 e. The molecule has 4 aromatic carbocycles. The zero-order valence-corrected chi connectivity index (χ0v) is 21.1. The number of fused-ring (bicyclic) bond motifs is 1. The normalized spacial score (nSPS) is 12.2. The van der Waals surface area contributed by atoms with E-state index >= 15 is 0 Å². The van der Waals surface area contributed by atoms with E-state index in [1.807, 2.05) is 66.7 Å². The Morgan fingerprint density at radius 2 is 1.76 bits per heavy atom. The van der Waals surface area contributed by atoms with E-state index in [2.05, 4.69) is 4.98 Å². The molecule has 0 bridgehead atoms. The highest BCUT2D eigenvalue weighted by atomic mass is 35.5. The van der Waals surface area contributed by atoms with Crippen LogP contribution in [-0.4, -0.2) is 20.6 Å². The molecular formula is C30H22Cl2N2O3. The van der Waals surface area contributed by atoms with Crippen molar-refractivity contribution in [3.05, 3.63) is 125 Å². The van der Waals surface area contributed by atoms with Crippen molar-refractivity contribution < 1.29 is 14.6 Å². The average Bonchev–Trinajstić information content (AvgIpc) is 3.37. The summed E-state index contributed by atoms with van der Waals surface area (Å²) in [5, 5.41) is 12.9. The third-order valence-electron chi connectivity index (χ3n) is 5.94. The van der Waals surface area contributed by atoms with E-state index < -0.39 is 12.0 Å². The first-order valence-corrected chi connectivity index (χ1v) is 12.3. The van der Waals surface area contributed by atoms with Crippen LogP contribution in [0.2, 0.25) is 10.0 Å². The van der Waals surface area contributed by atoms with E-state index in [1.165, 1.54) is 10.9 Å². The van der Waals surface area contributed by atoms with Gasteiger partial charge in [0.2, 0.25) is 0 Å². The first-order valence-electron chi connectivity index (χ1n) is 11.6.